The Morgan fingerprint density at radius 1 is 1.15 bits per heavy atom. The fourth-order valence-corrected chi connectivity index (χ4v) is 2.32. The molecule has 0 unspecified atom stereocenters. The average molecular weight is 275 g/mol. The first-order valence-corrected chi connectivity index (χ1v) is 6.14. The SMILES string of the molecule is COc1ccc(-n2c(C)cc(C(=O)O)c2C)c(OC)c1. The summed E-state index contributed by atoms with van der Waals surface area (Å²) in [5.41, 5.74) is 2.58. The first-order chi connectivity index (χ1) is 9.49. The van der Waals surface area contributed by atoms with Crippen molar-refractivity contribution in [2.24, 2.45) is 0 Å². The molecule has 0 atom stereocenters. The van der Waals surface area contributed by atoms with E-state index in [9.17, 15) is 9.90 Å². The van der Waals surface area contributed by atoms with Crippen molar-refractivity contribution in [1.82, 2.24) is 4.57 Å². The van der Waals surface area contributed by atoms with E-state index in [1.165, 1.54) is 0 Å². The number of nitrogens with zero attached hydrogens (tertiary/aromatic N) is 1. The predicted molar refractivity (Wildman–Crippen MR) is 75.3 cm³/mol. The van der Waals surface area contributed by atoms with Crippen LogP contribution in [0.1, 0.15) is 21.7 Å². The number of rotatable bonds is 4. The quantitative estimate of drug-likeness (QED) is 0.932. The van der Waals surface area contributed by atoms with Crippen molar-refractivity contribution in [3.05, 3.63) is 41.2 Å². The second-order valence-electron chi connectivity index (χ2n) is 4.46. The zero-order chi connectivity index (χ0) is 14.9. The lowest BCUT2D eigenvalue weighted by Gasteiger charge is -2.15. The average Bonchev–Trinajstić information content (AvgIpc) is 2.73. The molecule has 0 bridgehead atoms. The van der Waals surface area contributed by atoms with Gasteiger partial charge in [-0.25, -0.2) is 4.79 Å². The summed E-state index contributed by atoms with van der Waals surface area (Å²) in [6.45, 7) is 3.64. The third kappa shape index (κ3) is 2.22. The molecule has 0 saturated heterocycles. The van der Waals surface area contributed by atoms with Crippen LogP contribution in [0, 0.1) is 13.8 Å². The van der Waals surface area contributed by atoms with Gasteiger partial charge in [0.25, 0.3) is 0 Å². The Kier molecular flexibility index (Phi) is 3.70. The van der Waals surface area contributed by atoms with Gasteiger partial charge >= 0.3 is 5.97 Å². The molecule has 2 aromatic rings. The summed E-state index contributed by atoms with van der Waals surface area (Å²) >= 11 is 0. The molecule has 5 heteroatoms. The maximum absolute atomic E-state index is 11.2. The van der Waals surface area contributed by atoms with Crippen LogP contribution < -0.4 is 9.47 Å². The Labute approximate surface area is 117 Å². The van der Waals surface area contributed by atoms with Gasteiger partial charge in [-0.15, -0.1) is 0 Å². The summed E-state index contributed by atoms with van der Waals surface area (Å²) in [6, 6.07) is 7.09. The van der Waals surface area contributed by atoms with Crippen molar-refractivity contribution in [1.29, 1.82) is 0 Å². The number of aromatic carboxylic acids is 1. The van der Waals surface area contributed by atoms with Gasteiger partial charge in [0, 0.05) is 17.5 Å². The van der Waals surface area contributed by atoms with Crippen LogP contribution in [0.15, 0.2) is 24.3 Å². The summed E-state index contributed by atoms with van der Waals surface area (Å²) in [5.74, 6) is 0.381. The zero-order valence-electron chi connectivity index (χ0n) is 11.9. The van der Waals surface area contributed by atoms with E-state index in [4.69, 9.17) is 9.47 Å². The van der Waals surface area contributed by atoms with E-state index in [0.717, 1.165) is 11.4 Å². The molecule has 0 radical (unpaired) electrons. The van der Waals surface area contributed by atoms with Gasteiger partial charge in [-0.1, -0.05) is 0 Å². The normalized spacial score (nSPS) is 10.4. The topological polar surface area (TPSA) is 60.7 Å². The standard InChI is InChI=1S/C15H17NO4/c1-9-7-12(15(17)18)10(2)16(9)13-6-5-11(19-3)8-14(13)20-4/h5-8H,1-4H3,(H,17,18). The molecule has 1 heterocycles. The predicted octanol–water partition coefficient (Wildman–Crippen LogP) is 2.81. The Morgan fingerprint density at radius 2 is 1.85 bits per heavy atom. The van der Waals surface area contributed by atoms with Crippen LogP contribution in [0.2, 0.25) is 0 Å². The number of carbonyl (C=O) groups is 1. The molecule has 1 aromatic heterocycles. The highest BCUT2D eigenvalue weighted by Crippen LogP contribution is 2.31. The minimum absolute atomic E-state index is 0.292. The molecule has 0 spiro atoms. The highest BCUT2D eigenvalue weighted by Gasteiger charge is 2.18. The molecule has 2 rings (SSSR count). The summed E-state index contributed by atoms with van der Waals surface area (Å²) in [6.07, 6.45) is 0. The molecule has 20 heavy (non-hydrogen) atoms. The molecular formula is C15H17NO4. The summed E-state index contributed by atoms with van der Waals surface area (Å²) in [5, 5.41) is 9.19. The molecule has 0 aliphatic rings. The van der Waals surface area contributed by atoms with E-state index in [2.05, 4.69) is 0 Å². The van der Waals surface area contributed by atoms with E-state index >= 15 is 0 Å². The number of aryl methyl sites for hydroxylation is 1. The van der Waals surface area contributed by atoms with Crippen LogP contribution >= 0.6 is 0 Å². The van der Waals surface area contributed by atoms with Gasteiger partial charge in [0.15, 0.2) is 0 Å². The second kappa shape index (κ2) is 5.28. The first kappa shape index (κ1) is 14.0. The number of aromatic nitrogens is 1. The smallest absolute Gasteiger partial charge is 0.337 e. The number of benzene rings is 1. The monoisotopic (exact) mass is 275 g/mol. The van der Waals surface area contributed by atoms with E-state index in [1.54, 1.807) is 33.3 Å². The van der Waals surface area contributed by atoms with Crippen LogP contribution in [0.25, 0.3) is 5.69 Å². The van der Waals surface area contributed by atoms with Gasteiger partial charge in [-0.05, 0) is 32.0 Å². The molecule has 0 aliphatic carbocycles. The van der Waals surface area contributed by atoms with Crippen LogP contribution in [-0.4, -0.2) is 29.9 Å². The number of carboxylic acid groups (broad SMARTS) is 1. The highest BCUT2D eigenvalue weighted by molar-refractivity contribution is 5.89. The van der Waals surface area contributed by atoms with E-state index in [1.807, 2.05) is 23.6 Å². The lowest BCUT2D eigenvalue weighted by molar-refractivity contribution is 0.0696. The molecule has 0 saturated carbocycles. The Morgan fingerprint density at radius 3 is 2.35 bits per heavy atom. The lowest BCUT2D eigenvalue weighted by atomic mass is 10.2. The maximum Gasteiger partial charge on any atom is 0.337 e. The third-order valence-corrected chi connectivity index (χ3v) is 3.29. The Bertz CT molecular complexity index is 658. The molecule has 0 amide bonds. The summed E-state index contributed by atoms with van der Waals surface area (Å²) in [7, 11) is 3.16. The molecule has 5 nitrogen and oxygen atoms in total. The minimum Gasteiger partial charge on any atom is -0.497 e. The van der Waals surface area contributed by atoms with Crippen molar-refractivity contribution < 1.29 is 19.4 Å². The largest absolute Gasteiger partial charge is 0.497 e. The number of hydrogen-bond donors (Lipinski definition) is 1. The van der Waals surface area contributed by atoms with Gasteiger partial charge in [0.05, 0.1) is 25.5 Å². The molecule has 1 N–H and O–H groups in total. The highest BCUT2D eigenvalue weighted by atomic mass is 16.5. The number of ether oxygens (including phenoxy) is 2. The van der Waals surface area contributed by atoms with Gasteiger partial charge in [-0.2, -0.15) is 0 Å². The lowest BCUT2D eigenvalue weighted by Crippen LogP contribution is -2.04. The van der Waals surface area contributed by atoms with Crippen molar-refractivity contribution in [3.63, 3.8) is 0 Å². The van der Waals surface area contributed by atoms with Crippen molar-refractivity contribution in [3.8, 4) is 17.2 Å². The van der Waals surface area contributed by atoms with Gasteiger partial charge < -0.3 is 19.1 Å². The zero-order valence-corrected chi connectivity index (χ0v) is 11.9. The number of hydrogen-bond acceptors (Lipinski definition) is 3. The summed E-state index contributed by atoms with van der Waals surface area (Å²) in [4.78, 5) is 11.2. The minimum atomic E-state index is -0.933. The van der Waals surface area contributed by atoms with Crippen LogP contribution in [0.5, 0.6) is 11.5 Å². The molecule has 0 aliphatic heterocycles. The first-order valence-electron chi connectivity index (χ1n) is 6.14. The number of carboxylic acids is 1. The summed E-state index contributed by atoms with van der Waals surface area (Å²) < 4.78 is 12.4. The van der Waals surface area contributed by atoms with E-state index < -0.39 is 5.97 Å². The van der Waals surface area contributed by atoms with Crippen molar-refractivity contribution in [2.45, 2.75) is 13.8 Å². The van der Waals surface area contributed by atoms with Crippen molar-refractivity contribution in [2.75, 3.05) is 14.2 Å². The van der Waals surface area contributed by atoms with Crippen LogP contribution in [0.3, 0.4) is 0 Å². The molecule has 0 fully saturated rings. The fraction of sp³-hybridized carbons (Fsp3) is 0.267. The van der Waals surface area contributed by atoms with Crippen molar-refractivity contribution >= 4 is 5.97 Å². The second-order valence-corrected chi connectivity index (χ2v) is 4.46. The van der Waals surface area contributed by atoms with E-state index in [-0.39, 0.29) is 0 Å². The maximum atomic E-state index is 11.2. The van der Waals surface area contributed by atoms with Crippen LogP contribution in [-0.2, 0) is 0 Å². The Hall–Kier alpha value is -2.43. The Balaban J connectivity index is 2.65. The molecular weight excluding hydrogens is 258 g/mol. The van der Waals surface area contributed by atoms with Gasteiger partial charge in [-0.3, -0.25) is 0 Å². The fourth-order valence-electron chi connectivity index (χ4n) is 2.32. The van der Waals surface area contributed by atoms with Gasteiger partial charge in [0.2, 0.25) is 0 Å². The molecule has 1 aromatic carbocycles. The number of methoxy groups -OCH3 is 2. The molecule has 106 valence electrons. The van der Waals surface area contributed by atoms with Crippen LogP contribution in [0.4, 0.5) is 0 Å². The third-order valence-electron chi connectivity index (χ3n) is 3.29. The van der Waals surface area contributed by atoms with E-state index in [0.29, 0.717) is 22.8 Å². The van der Waals surface area contributed by atoms with Gasteiger partial charge in [0.1, 0.15) is 11.5 Å².